The van der Waals surface area contributed by atoms with Crippen molar-refractivity contribution in [1.29, 1.82) is 0 Å². The fourth-order valence-corrected chi connectivity index (χ4v) is 6.77. The maximum atomic E-state index is 13.4. The highest BCUT2D eigenvalue weighted by Crippen LogP contribution is 2.62. The lowest BCUT2D eigenvalue weighted by molar-refractivity contribution is -0.169. The minimum absolute atomic E-state index is 0.0205. The molecule has 0 unspecified atom stereocenters. The first-order valence-corrected chi connectivity index (χ1v) is 10.6. The summed E-state index contributed by atoms with van der Waals surface area (Å²) in [5, 5.41) is 14.1. The van der Waals surface area contributed by atoms with E-state index >= 15 is 0 Å². The van der Waals surface area contributed by atoms with Gasteiger partial charge in [-0.2, -0.15) is 0 Å². The first-order chi connectivity index (χ1) is 13.8. The highest BCUT2D eigenvalue weighted by atomic mass is 19.1. The minimum atomic E-state index is -0.569. The van der Waals surface area contributed by atoms with Gasteiger partial charge >= 0.3 is 0 Å². The predicted octanol–water partition coefficient (Wildman–Crippen LogP) is 3.49. The van der Waals surface area contributed by atoms with Crippen LogP contribution in [0.5, 0.6) is 0 Å². The van der Waals surface area contributed by atoms with Crippen molar-refractivity contribution in [3.05, 3.63) is 53.9 Å². The average Bonchev–Trinajstić information content (AvgIpc) is 3.03. The molecule has 1 heterocycles. The van der Waals surface area contributed by atoms with Gasteiger partial charge in [-0.05, 0) is 73.5 Å². The summed E-state index contributed by atoms with van der Waals surface area (Å²) in [6.07, 6.45) is 9.81. The lowest BCUT2D eigenvalue weighted by Gasteiger charge is -2.60. The number of hydrogen-bond acceptors (Lipinski definition) is 3. The number of amides is 1. The summed E-state index contributed by atoms with van der Waals surface area (Å²) in [5.74, 6) is 1.50. The third kappa shape index (κ3) is 3.48. The van der Waals surface area contributed by atoms with Crippen molar-refractivity contribution < 1.29 is 14.3 Å². The molecule has 4 aliphatic rings. The number of halogens is 1. The molecule has 1 amide bonds. The Morgan fingerprint density at radius 1 is 1.28 bits per heavy atom. The van der Waals surface area contributed by atoms with Crippen molar-refractivity contribution in [3.63, 3.8) is 0 Å². The van der Waals surface area contributed by atoms with Gasteiger partial charge in [-0.25, -0.2) is 9.37 Å². The summed E-state index contributed by atoms with van der Waals surface area (Å²) in [7, 11) is 1.89. The summed E-state index contributed by atoms with van der Waals surface area (Å²) in [4.78, 5) is 17.6. The monoisotopic (exact) mass is 397 g/mol. The highest BCUT2D eigenvalue weighted by molar-refractivity contribution is 5.77. The van der Waals surface area contributed by atoms with Crippen molar-refractivity contribution in [2.75, 3.05) is 0 Å². The van der Waals surface area contributed by atoms with E-state index in [-0.39, 0.29) is 17.1 Å². The third-order valence-corrected chi connectivity index (χ3v) is 7.31. The van der Waals surface area contributed by atoms with Crippen molar-refractivity contribution in [3.8, 4) is 0 Å². The topological polar surface area (TPSA) is 67.2 Å². The van der Waals surface area contributed by atoms with Gasteiger partial charge in [-0.15, -0.1) is 0 Å². The van der Waals surface area contributed by atoms with Crippen LogP contribution >= 0.6 is 0 Å². The van der Waals surface area contributed by atoms with Gasteiger partial charge in [0.05, 0.1) is 5.60 Å². The zero-order valence-electron chi connectivity index (χ0n) is 16.8. The van der Waals surface area contributed by atoms with E-state index in [9.17, 15) is 14.3 Å². The SMILES string of the molecule is Cn1ccnc1[C@@H](NC(=O)CC12C[C@H]3C[C@@H](CC(O)(C3)C1)C2)c1ccc(F)cc1. The van der Waals surface area contributed by atoms with Crippen LogP contribution < -0.4 is 5.32 Å². The van der Waals surface area contributed by atoms with E-state index in [4.69, 9.17) is 0 Å². The maximum Gasteiger partial charge on any atom is 0.221 e. The molecule has 2 aromatic rings. The number of carbonyl (C=O) groups excluding carboxylic acids is 1. The number of benzene rings is 1. The van der Waals surface area contributed by atoms with Crippen molar-refractivity contribution in [2.24, 2.45) is 24.3 Å². The number of carbonyl (C=O) groups is 1. The quantitative estimate of drug-likeness (QED) is 0.812. The molecule has 0 aliphatic heterocycles. The van der Waals surface area contributed by atoms with Crippen LogP contribution in [0.1, 0.15) is 62.4 Å². The Kier molecular flexibility index (Phi) is 4.32. The Bertz CT molecular complexity index is 908. The van der Waals surface area contributed by atoms with Crippen LogP contribution in [0.3, 0.4) is 0 Å². The van der Waals surface area contributed by atoms with Gasteiger partial charge in [-0.1, -0.05) is 12.1 Å². The Hall–Kier alpha value is -2.21. The molecule has 0 spiro atoms. The summed E-state index contributed by atoms with van der Waals surface area (Å²) in [6, 6.07) is 5.78. The molecular formula is C23H28FN3O2. The van der Waals surface area contributed by atoms with E-state index in [1.165, 1.54) is 18.6 Å². The molecule has 6 heteroatoms. The molecule has 0 radical (unpaired) electrons. The van der Waals surface area contributed by atoms with Crippen LogP contribution in [0.2, 0.25) is 0 Å². The Morgan fingerprint density at radius 2 is 1.97 bits per heavy atom. The summed E-state index contributed by atoms with van der Waals surface area (Å²) in [6.45, 7) is 0. The van der Waals surface area contributed by atoms with Crippen LogP contribution in [0, 0.1) is 23.1 Å². The maximum absolute atomic E-state index is 13.4. The average molecular weight is 397 g/mol. The zero-order valence-corrected chi connectivity index (χ0v) is 16.8. The summed E-state index contributed by atoms with van der Waals surface area (Å²) < 4.78 is 15.3. The predicted molar refractivity (Wildman–Crippen MR) is 106 cm³/mol. The number of imidazole rings is 1. The molecule has 0 saturated heterocycles. The molecule has 6 rings (SSSR count). The van der Waals surface area contributed by atoms with Crippen molar-refractivity contribution in [2.45, 2.75) is 56.6 Å². The molecule has 1 aromatic heterocycles. The van der Waals surface area contributed by atoms with Gasteiger partial charge in [0.25, 0.3) is 0 Å². The highest BCUT2D eigenvalue weighted by Gasteiger charge is 2.57. The molecule has 3 atom stereocenters. The largest absolute Gasteiger partial charge is 0.390 e. The van der Waals surface area contributed by atoms with Crippen molar-refractivity contribution >= 4 is 5.91 Å². The van der Waals surface area contributed by atoms with E-state index in [0.717, 1.165) is 37.7 Å². The van der Waals surface area contributed by atoms with E-state index in [1.54, 1.807) is 18.3 Å². The Labute approximate surface area is 170 Å². The normalized spacial score (nSPS) is 33.6. The van der Waals surface area contributed by atoms with Gasteiger partial charge in [0, 0.05) is 25.9 Å². The molecule has 4 saturated carbocycles. The fourth-order valence-electron chi connectivity index (χ4n) is 6.77. The van der Waals surface area contributed by atoms with E-state index < -0.39 is 11.6 Å². The first kappa shape index (κ1) is 18.8. The molecule has 29 heavy (non-hydrogen) atoms. The molecule has 5 nitrogen and oxygen atoms in total. The molecule has 4 fully saturated rings. The van der Waals surface area contributed by atoms with E-state index in [1.807, 2.05) is 17.8 Å². The Balaban J connectivity index is 1.37. The minimum Gasteiger partial charge on any atom is -0.390 e. The third-order valence-electron chi connectivity index (χ3n) is 7.31. The van der Waals surface area contributed by atoms with Crippen LogP contribution in [-0.2, 0) is 11.8 Å². The smallest absolute Gasteiger partial charge is 0.221 e. The number of rotatable bonds is 5. The second-order valence-corrected chi connectivity index (χ2v) is 9.81. The molecule has 2 N–H and O–H groups in total. The molecule has 4 bridgehead atoms. The number of nitrogens with zero attached hydrogens (tertiary/aromatic N) is 2. The van der Waals surface area contributed by atoms with E-state index in [0.29, 0.717) is 24.1 Å². The number of hydrogen-bond donors (Lipinski definition) is 2. The lowest BCUT2D eigenvalue weighted by Crippen LogP contribution is -2.56. The summed E-state index contributed by atoms with van der Waals surface area (Å²) in [5.41, 5.74) is 0.149. The molecule has 4 aliphatic carbocycles. The number of nitrogens with one attached hydrogen (secondary N) is 1. The molecule has 154 valence electrons. The Morgan fingerprint density at radius 3 is 2.55 bits per heavy atom. The second kappa shape index (κ2) is 6.66. The fraction of sp³-hybridized carbons (Fsp3) is 0.565. The van der Waals surface area contributed by atoms with Crippen LogP contribution in [0.15, 0.2) is 36.7 Å². The van der Waals surface area contributed by atoms with Crippen LogP contribution in [0.4, 0.5) is 4.39 Å². The second-order valence-electron chi connectivity index (χ2n) is 9.81. The number of aryl methyl sites for hydroxylation is 1. The molecule has 1 aromatic carbocycles. The standard InChI is InChI=1S/C23H28FN3O2/c1-27-7-6-25-21(27)20(17-2-4-18(24)5-3-17)26-19(28)13-22-9-15-8-16(10-22)12-23(29,11-15)14-22/h2-7,15-16,20,29H,8-14H2,1H3,(H,26,28)/t15-,16-,20+,22?,23?/m1/s1. The van der Waals surface area contributed by atoms with Gasteiger partial charge in [0.1, 0.15) is 17.7 Å². The van der Waals surface area contributed by atoms with Crippen LogP contribution in [-0.4, -0.2) is 26.2 Å². The number of aliphatic hydroxyl groups is 1. The van der Waals surface area contributed by atoms with Gasteiger partial charge in [0.15, 0.2) is 0 Å². The van der Waals surface area contributed by atoms with Gasteiger partial charge in [-0.3, -0.25) is 4.79 Å². The van der Waals surface area contributed by atoms with E-state index in [2.05, 4.69) is 10.3 Å². The van der Waals surface area contributed by atoms with Gasteiger partial charge < -0.3 is 15.0 Å². The molecular weight excluding hydrogens is 369 g/mol. The van der Waals surface area contributed by atoms with Gasteiger partial charge in [0.2, 0.25) is 5.91 Å². The summed E-state index contributed by atoms with van der Waals surface area (Å²) >= 11 is 0. The van der Waals surface area contributed by atoms with Crippen molar-refractivity contribution in [1.82, 2.24) is 14.9 Å². The lowest BCUT2D eigenvalue weighted by atomic mass is 9.47. The zero-order chi connectivity index (χ0) is 20.2. The van der Waals surface area contributed by atoms with Crippen LogP contribution in [0.25, 0.3) is 0 Å². The number of aromatic nitrogens is 2. The first-order valence-electron chi connectivity index (χ1n) is 10.6.